The minimum Gasteiger partial charge on any atom is -0.482 e. The Morgan fingerprint density at radius 1 is 1.00 bits per heavy atom. The van der Waals surface area contributed by atoms with E-state index in [2.05, 4.69) is 10.6 Å². The van der Waals surface area contributed by atoms with Crippen LogP contribution in [-0.2, 0) is 14.4 Å². The van der Waals surface area contributed by atoms with Crippen molar-refractivity contribution in [1.82, 2.24) is 10.2 Å². The highest BCUT2D eigenvalue weighted by atomic mass is 19.1. The molecule has 13 heteroatoms. The molecule has 3 aromatic rings. The van der Waals surface area contributed by atoms with Crippen LogP contribution < -0.4 is 26.0 Å². The number of piperazine rings is 1. The van der Waals surface area contributed by atoms with Crippen LogP contribution in [0.1, 0.15) is 17.2 Å². The number of carboxylic acids is 1. The van der Waals surface area contributed by atoms with Gasteiger partial charge in [0.1, 0.15) is 29.3 Å². The zero-order chi connectivity index (χ0) is 30.2. The lowest BCUT2D eigenvalue weighted by Gasteiger charge is -2.36. The average Bonchev–Trinajstić information content (AvgIpc) is 2.98. The molecular formula is C29H30F2N6O5. The summed E-state index contributed by atoms with van der Waals surface area (Å²) >= 11 is 0. The normalized spacial score (nSPS) is 13.7. The number of hydrogen-bond acceptors (Lipinski definition) is 7. The average molecular weight is 581 g/mol. The molecule has 0 bridgehead atoms. The van der Waals surface area contributed by atoms with E-state index in [4.69, 9.17) is 21.0 Å². The van der Waals surface area contributed by atoms with Crippen molar-refractivity contribution in [1.29, 1.82) is 5.41 Å². The second kappa shape index (κ2) is 13.4. The highest BCUT2D eigenvalue weighted by molar-refractivity contribution is 5.96. The van der Waals surface area contributed by atoms with Crippen LogP contribution in [0.15, 0.2) is 66.7 Å². The Morgan fingerprint density at radius 3 is 2.43 bits per heavy atom. The third-order valence-electron chi connectivity index (χ3n) is 6.60. The van der Waals surface area contributed by atoms with Gasteiger partial charge in [-0.15, -0.1) is 0 Å². The van der Waals surface area contributed by atoms with Crippen LogP contribution in [0.5, 0.6) is 5.75 Å². The van der Waals surface area contributed by atoms with Crippen molar-refractivity contribution in [3.05, 3.63) is 89.5 Å². The van der Waals surface area contributed by atoms with Crippen LogP contribution in [0.3, 0.4) is 0 Å². The van der Waals surface area contributed by atoms with E-state index in [9.17, 15) is 23.2 Å². The number of nitrogens with two attached hydrogens (primary N) is 1. The molecule has 1 atom stereocenters. The van der Waals surface area contributed by atoms with Crippen molar-refractivity contribution in [2.75, 3.05) is 49.5 Å². The quantitative estimate of drug-likeness (QED) is 0.171. The van der Waals surface area contributed by atoms with Gasteiger partial charge in [-0.1, -0.05) is 24.3 Å². The fourth-order valence-corrected chi connectivity index (χ4v) is 4.48. The first-order chi connectivity index (χ1) is 20.1. The highest BCUT2D eigenvalue weighted by Gasteiger charge is 2.26. The second-order valence-electron chi connectivity index (χ2n) is 9.51. The summed E-state index contributed by atoms with van der Waals surface area (Å²) in [5, 5.41) is 22.4. The van der Waals surface area contributed by atoms with E-state index in [0.717, 1.165) is 6.07 Å². The van der Waals surface area contributed by atoms with Crippen molar-refractivity contribution < 1.29 is 33.0 Å². The Labute approximate surface area is 240 Å². The zero-order valence-corrected chi connectivity index (χ0v) is 22.5. The standard InChI is InChI=1S/C29H30F2N6O5/c30-20-7-8-24(23(31)15-20)36-9-11-37(12-10-36)25(38)16-34-29(41)27(35-21-5-1-4-19(13-21)28(32)33)18-3-2-6-22(14-18)42-17-26(39)40/h1-8,13-15,27,35H,9-12,16-17H2,(H3,32,33)(H,34,41)(H,39,40). The summed E-state index contributed by atoms with van der Waals surface area (Å²) in [6, 6.07) is 15.3. The first kappa shape index (κ1) is 29.8. The number of carbonyl (C=O) groups is 3. The smallest absolute Gasteiger partial charge is 0.341 e. The fraction of sp³-hybridized carbons (Fsp3) is 0.241. The van der Waals surface area contributed by atoms with Crippen LogP contribution in [0, 0.1) is 17.0 Å². The summed E-state index contributed by atoms with van der Waals surface area (Å²) in [5.74, 6) is -3.30. The molecule has 6 N–H and O–H groups in total. The number of nitrogens with one attached hydrogen (secondary N) is 3. The van der Waals surface area contributed by atoms with Crippen molar-refractivity contribution in [2.24, 2.45) is 5.73 Å². The lowest BCUT2D eigenvalue weighted by Crippen LogP contribution is -2.51. The number of anilines is 2. The molecule has 1 unspecified atom stereocenters. The van der Waals surface area contributed by atoms with E-state index in [1.165, 1.54) is 18.2 Å². The first-order valence-corrected chi connectivity index (χ1v) is 13.0. The molecule has 1 aliphatic heterocycles. The van der Waals surface area contributed by atoms with E-state index >= 15 is 0 Å². The van der Waals surface area contributed by atoms with Crippen LogP contribution in [-0.4, -0.2) is 73.0 Å². The minimum atomic E-state index is -1.16. The Bertz CT molecular complexity index is 1480. The monoisotopic (exact) mass is 580 g/mol. The van der Waals surface area contributed by atoms with Crippen LogP contribution >= 0.6 is 0 Å². The minimum absolute atomic E-state index is 0.156. The molecule has 1 aliphatic rings. The number of carboxylic acid groups (broad SMARTS) is 1. The Morgan fingerprint density at radius 2 is 1.74 bits per heavy atom. The predicted octanol–water partition coefficient (Wildman–Crippen LogP) is 2.33. The van der Waals surface area contributed by atoms with Gasteiger partial charge in [0.05, 0.1) is 12.2 Å². The molecule has 11 nitrogen and oxygen atoms in total. The van der Waals surface area contributed by atoms with E-state index in [1.807, 2.05) is 0 Å². The molecule has 0 spiro atoms. The molecule has 220 valence electrons. The first-order valence-electron chi connectivity index (χ1n) is 13.0. The Hall–Kier alpha value is -5.20. The Kier molecular flexibility index (Phi) is 9.53. The number of nitrogens with zero attached hydrogens (tertiary/aromatic N) is 2. The van der Waals surface area contributed by atoms with Gasteiger partial charge in [-0.25, -0.2) is 13.6 Å². The van der Waals surface area contributed by atoms with Crippen molar-refractivity contribution in [3.8, 4) is 5.75 Å². The summed E-state index contributed by atoms with van der Waals surface area (Å²) in [7, 11) is 0. The lowest BCUT2D eigenvalue weighted by atomic mass is 10.0. The topological polar surface area (TPSA) is 161 Å². The molecule has 0 aromatic heterocycles. The number of carbonyl (C=O) groups excluding carboxylic acids is 2. The summed E-state index contributed by atoms with van der Waals surface area (Å²) in [6.07, 6.45) is 0. The number of benzene rings is 3. The molecule has 1 saturated heterocycles. The van der Waals surface area contributed by atoms with Gasteiger partial charge in [0.25, 0.3) is 0 Å². The van der Waals surface area contributed by atoms with Crippen molar-refractivity contribution >= 4 is 35.0 Å². The summed E-state index contributed by atoms with van der Waals surface area (Å²) < 4.78 is 32.7. The number of halogens is 2. The van der Waals surface area contributed by atoms with Gasteiger partial charge in [0.15, 0.2) is 6.61 Å². The van der Waals surface area contributed by atoms with Gasteiger partial charge in [-0.2, -0.15) is 0 Å². The molecule has 2 amide bonds. The van der Waals surface area contributed by atoms with Gasteiger partial charge in [-0.3, -0.25) is 15.0 Å². The predicted molar refractivity (Wildman–Crippen MR) is 152 cm³/mol. The molecule has 1 heterocycles. The molecule has 42 heavy (non-hydrogen) atoms. The number of nitrogen functional groups attached to an aromatic ring is 1. The highest BCUT2D eigenvalue weighted by Crippen LogP contribution is 2.25. The van der Waals surface area contributed by atoms with Crippen LogP contribution in [0.4, 0.5) is 20.2 Å². The lowest BCUT2D eigenvalue weighted by molar-refractivity contribution is -0.139. The molecular weight excluding hydrogens is 550 g/mol. The molecule has 0 radical (unpaired) electrons. The maximum absolute atomic E-state index is 14.2. The number of ether oxygens (including phenoxy) is 1. The third-order valence-corrected chi connectivity index (χ3v) is 6.60. The SMILES string of the molecule is N=C(N)c1cccc(NC(C(=O)NCC(=O)N2CCN(c3ccc(F)cc3F)CC2)c2cccc(OCC(=O)O)c2)c1. The molecule has 3 aromatic carbocycles. The van der Waals surface area contributed by atoms with Crippen molar-refractivity contribution in [3.63, 3.8) is 0 Å². The van der Waals surface area contributed by atoms with Crippen molar-refractivity contribution in [2.45, 2.75) is 6.04 Å². The third kappa shape index (κ3) is 7.71. The van der Waals surface area contributed by atoms with E-state index in [0.29, 0.717) is 29.9 Å². The zero-order valence-electron chi connectivity index (χ0n) is 22.5. The van der Waals surface area contributed by atoms with Crippen LogP contribution in [0.2, 0.25) is 0 Å². The molecule has 0 aliphatic carbocycles. The molecule has 1 fully saturated rings. The molecule has 4 rings (SSSR count). The van der Waals surface area contributed by atoms with Gasteiger partial charge < -0.3 is 36.0 Å². The summed E-state index contributed by atoms with van der Waals surface area (Å²) in [6.45, 7) is 0.376. The van der Waals surface area contributed by atoms with Gasteiger partial charge in [0.2, 0.25) is 11.8 Å². The molecule has 0 saturated carbocycles. The van der Waals surface area contributed by atoms with E-state index < -0.39 is 36.2 Å². The number of rotatable bonds is 11. The Balaban J connectivity index is 1.43. The maximum Gasteiger partial charge on any atom is 0.341 e. The number of aliphatic carboxylic acids is 1. The number of amidine groups is 1. The van der Waals surface area contributed by atoms with Gasteiger partial charge in [0, 0.05) is 43.5 Å². The van der Waals surface area contributed by atoms with E-state index in [-0.39, 0.29) is 42.8 Å². The second-order valence-corrected chi connectivity index (χ2v) is 9.51. The largest absolute Gasteiger partial charge is 0.482 e. The van der Waals surface area contributed by atoms with Crippen LogP contribution in [0.25, 0.3) is 0 Å². The van der Waals surface area contributed by atoms with E-state index in [1.54, 1.807) is 52.3 Å². The van der Waals surface area contributed by atoms with Gasteiger partial charge in [-0.05, 0) is 42.0 Å². The number of amides is 2. The number of hydrogen-bond donors (Lipinski definition) is 5. The fourth-order valence-electron chi connectivity index (χ4n) is 4.48. The summed E-state index contributed by atoms with van der Waals surface area (Å²) in [4.78, 5) is 40.5. The maximum atomic E-state index is 14.2. The van der Waals surface area contributed by atoms with Gasteiger partial charge >= 0.3 is 5.97 Å². The summed E-state index contributed by atoms with van der Waals surface area (Å²) in [5.41, 5.74) is 7.22.